The molecule has 7 nitrogen and oxygen atoms in total. The van der Waals surface area contributed by atoms with Crippen LogP contribution < -0.4 is 5.32 Å². The molecule has 2 heterocycles. The summed E-state index contributed by atoms with van der Waals surface area (Å²) >= 11 is 1.49. The monoisotopic (exact) mass is 411 g/mol. The van der Waals surface area contributed by atoms with Gasteiger partial charge >= 0.3 is 0 Å². The molecule has 1 aromatic heterocycles. The molecule has 1 aliphatic rings. The number of carbonyl (C=O) groups is 1. The molecule has 0 bridgehead atoms. The number of rotatable bonds is 7. The van der Waals surface area contributed by atoms with Crippen molar-refractivity contribution in [1.82, 2.24) is 14.5 Å². The van der Waals surface area contributed by atoms with Crippen molar-refractivity contribution in [2.24, 2.45) is 0 Å². The lowest BCUT2D eigenvalue weighted by atomic mass is 10.3. The van der Waals surface area contributed by atoms with E-state index < -0.39 is 10.0 Å². The largest absolute Gasteiger partial charge is 0.383 e. The zero-order valence-electron chi connectivity index (χ0n) is 14.8. The predicted molar refractivity (Wildman–Crippen MR) is 101 cm³/mol. The molecule has 0 aliphatic carbocycles. The summed E-state index contributed by atoms with van der Waals surface area (Å²) in [5, 5.41) is 3.01. The van der Waals surface area contributed by atoms with E-state index in [2.05, 4.69) is 5.32 Å². The molecule has 1 amide bonds. The van der Waals surface area contributed by atoms with E-state index in [-0.39, 0.29) is 24.9 Å². The minimum absolute atomic E-state index is 0. The number of methoxy groups -OCH3 is 1. The van der Waals surface area contributed by atoms with E-state index in [1.54, 1.807) is 18.1 Å². The lowest BCUT2D eigenvalue weighted by Gasteiger charge is -2.34. The first-order valence-corrected chi connectivity index (χ1v) is 10.2. The van der Waals surface area contributed by atoms with E-state index in [1.807, 2.05) is 13.8 Å². The van der Waals surface area contributed by atoms with Crippen molar-refractivity contribution >= 4 is 39.7 Å². The van der Waals surface area contributed by atoms with Gasteiger partial charge in [-0.2, -0.15) is 4.31 Å². The normalized spacial score (nSPS) is 15.9. The predicted octanol–water partition coefficient (Wildman–Crippen LogP) is 0.856. The summed E-state index contributed by atoms with van der Waals surface area (Å²) in [7, 11) is -1.86. The average molecular weight is 412 g/mol. The van der Waals surface area contributed by atoms with Crippen LogP contribution >= 0.6 is 23.7 Å². The third-order valence-corrected chi connectivity index (χ3v) is 7.08. The topological polar surface area (TPSA) is 79.0 Å². The van der Waals surface area contributed by atoms with Gasteiger partial charge in [-0.1, -0.05) is 0 Å². The molecule has 0 saturated carbocycles. The number of ether oxygens (including phenoxy) is 1. The standard InChI is InChI=1S/C15H25N3O4S2.ClH/c1-12-10-14(13(2)23-12)24(20,21)18-7-5-17(6-8-18)15(19)11-16-4-9-22-3;/h10,16H,4-9,11H2,1-3H3;1H. The highest BCUT2D eigenvalue weighted by molar-refractivity contribution is 7.89. The molecule has 144 valence electrons. The first kappa shape index (κ1) is 22.3. The molecule has 10 heteroatoms. The maximum absolute atomic E-state index is 12.7. The number of nitrogens with one attached hydrogen (secondary N) is 1. The van der Waals surface area contributed by atoms with Crippen LogP contribution in [0.5, 0.6) is 0 Å². The van der Waals surface area contributed by atoms with Gasteiger partial charge < -0.3 is 15.0 Å². The van der Waals surface area contributed by atoms with Crippen LogP contribution in [0.4, 0.5) is 0 Å². The Morgan fingerprint density at radius 2 is 1.92 bits per heavy atom. The molecule has 0 aromatic carbocycles. The Morgan fingerprint density at radius 3 is 2.44 bits per heavy atom. The molecule has 0 atom stereocenters. The third kappa shape index (κ3) is 5.63. The van der Waals surface area contributed by atoms with Gasteiger partial charge in [0.05, 0.1) is 18.0 Å². The number of piperazine rings is 1. The van der Waals surface area contributed by atoms with Crippen LogP contribution in [0.1, 0.15) is 9.75 Å². The Hall–Kier alpha value is -0.710. The van der Waals surface area contributed by atoms with Crippen LogP contribution in [0.25, 0.3) is 0 Å². The van der Waals surface area contributed by atoms with E-state index in [0.29, 0.717) is 44.2 Å². The first-order chi connectivity index (χ1) is 11.4. The van der Waals surface area contributed by atoms with Gasteiger partial charge in [-0.05, 0) is 19.9 Å². The van der Waals surface area contributed by atoms with E-state index >= 15 is 0 Å². The highest BCUT2D eigenvalue weighted by atomic mass is 35.5. The maximum Gasteiger partial charge on any atom is 0.244 e. The fraction of sp³-hybridized carbons (Fsp3) is 0.667. The van der Waals surface area contributed by atoms with Crippen molar-refractivity contribution in [3.05, 3.63) is 15.8 Å². The van der Waals surface area contributed by atoms with E-state index in [1.165, 1.54) is 15.6 Å². The Labute approximate surface area is 159 Å². The van der Waals surface area contributed by atoms with Crippen LogP contribution in [-0.4, -0.2) is 76.5 Å². The number of aryl methyl sites for hydroxylation is 2. The molecule has 25 heavy (non-hydrogen) atoms. The molecule has 0 unspecified atom stereocenters. The molecular weight excluding hydrogens is 386 g/mol. The summed E-state index contributed by atoms with van der Waals surface area (Å²) in [6, 6.07) is 1.73. The summed E-state index contributed by atoms with van der Waals surface area (Å²) in [5.74, 6) is -0.00860. The van der Waals surface area contributed by atoms with Gasteiger partial charge in [-0.3, -0.25) is 4.79 Å². The number of halogens is 1. The number of hydrogen-bond acceptors (Lipinski definition) is 6. The van der Waals surface area contributed by atoms with Crippen LogP contribution in [0.15, 0.2) is 11.0 Å². The number of amides is 1. The minimum Gasteiger partial charge on any atom is -0.383 e. The smallest absolute Gasteiger partial charge is 0.244 e. The average Bonchev–Trinajstić information content (AvgIpc) is 2.91. The number of thiophene rings is 1. The van der Waals surface area contributed by atoms with Gasteiger partial charge in [0.15, 0.2) is 0 Å². The Morgan fingerprint density at radius 1 is 1.28 bits per heavy atom. The lowest BCUT2D eigenvalue weighted by molar-refractivity contribution is -0.131. The maximum atomic E-state index is 12.7. The summed E-state index contributed by atoms with van der Waals surface area (Å²) in [5.41, 5.74) is 0. The molecule has 1 saturated heterocycles. The molecule has 0 spiro atoms. The molecule has 2 rings (SSSR count). The van der Waals surface area contributed by atoms with Crippen LogP contribution in [0.2, 0.25) is 0 Å². The third-order valence-electron chi connectivity index (χ3n) is 3.96. The van der Waals surface area contributed by atoms with Crippen molar-refractivity contribution < 1.29 is 17.9 Å². The highest BCUT2D eigenvalue weighted by Crippen LogP contribution is 2.28. The molecule has 1 aliphatic heterocycles. The minimum atomic E-state index is -3.47. The molecule has 1 aromatic rings. The summed E-state index contributed by atoms with van der Waals surface area (Å²) in [4.78, 5) is 16.0. The molecule has 0 radical (unpaired) electrons. The number of sulfonamides is 1. The summed E-state index contributed by atoms with van der Waals surface area (Å²) < 4.78 is 31.9. The zero-order chi connectivity index (χ0) is 17.7. The summed E-state index contributed by atoms with van der Waals surface area (Å²) in [6.07, 6.45) is 0. The van der Waals surface area contributed by atoms with Crippen molar-refractivity contribution in [3.63, 3.8) is 0 Å². The van der Waals surface area contributed by atoms with Crippen molar-refractivity contribution in [1.29, 1.82) is 0 Å². The van der Waals surface area contributed by atoms with E-state index in [4.69, 9.17) is 4.74 Å². The van der Waals surface area contributed by atoms with Gasteiger partial charge in [0.25, 0.3) is 0 Å². The van der Waals surface area contributed by atoms with E-state index in [9.17, 15) is 13.2 Å². The fourth-order valence-electron chi connectivity index (χ4n) is 2.66. The fourth-order valence-corrected chi connectivity index (χ4v) is 5.61. The highest BCUT2D eigenvalue weighted by Gasteiger charge is 2.31. The summed E-state index contributed by atoms with van der Waals surface area (Å²) in [6.45, 7) is 6.67. The van der Waals surface area contributed by atoms with Gasteiger partial charge in [0.1, 0.15) is 0 Å². The van der Waals surface area contributed by atoms with Crippen LogP contribution in [-0.2, 0) is 19.6 Å². The number of carbonyl (C=O) groups excluding carboxylic acids is 1. The van der Waals surface area contributed by atoms with Gasteiger partial charge in [-0.25, -0.2) is 8.42 Å². The van der Waals surface area contributed by atoms with Gasteiger partial charge in [-0.15, -0.1) is 23.7 Å². The Kier molecular flexibility index (Phi) is 8.79. The van der Waals surface area contributed by atoms with E-state index in [0.717, 1.165) is 9.75 Å². The van der Waals surface area contributed by atoms with Crippen molar-refractivity contribution in [3.8, 4) is 0 Å². The van der Waals surface area contributed by atoms with Crippen LogP contribution in [0.3, 0.4) is 0 Å². The molecular formula is C15H26ClN3O4S2. The quantitative estimate of drug-likeness (QED) is 0.673. The Bertz CT molecular complexity index is 670. The second-order valence-electron chi connectivity index (χ2n) is 5.73. The number of nitrogens with zero attached hydrogens (tertiary/aromatic N) is 2. The van der Waals surface area contributed by atoms with Crippen molar-refractivity contribution in [2.45, 2.75) is 18.7 Å². The molecule has 1 N–H and O–H groups in total. The second-order valence-corrected chi connectivity index (χ2v) is 9.10. The second kappa shape index (κ2) is 9.84. The van der Waals surface area contributed by atoms with Crippen LogP contribution in [0, 0.1) is 13.8 Å². The van der Waals surface area contributed by atoms with Crippen molar-refractivity contribution in [2.75, 3.05) is 53.0 Å². The van der Waals surface area contributed by atoms with Gasteiger partial charge in [0.2, 0.25) is 15.9 Å². The lowest BCUT2D eigenvalue weighted by Crippen LogP contribution is -2.52. The molecule has 1 fully saturated rings. The zero-order valence-corrected chi connectivity index (χ0v) is 17.2. The first-order valence-electron chi connectivity index (χ1n) is 7.91. The number of hydrogen-bond donors (Lipinski definition) is 1. The van der Waals surface area contributed by atoms with Gasteiger partial charge in [0, 0.05) is 49.6 Å². The SMILES string of the molecule is COCCNCC(=O)N1CCN(S(=O)(=O)c2cc(C)sc2C)CC1.Cl. The Balaban J connectivity index is 0.00000312.